The highest BCUT2D eigenvalue weighted by Gasteiger charge is 2.19. The Bertz CT molecular complexity index is 647. The van der Waals surface area contributed by atoms with Crippen molar-refractivity contribution in [2.24, 2.45) is 17.9 Å². The van der Waals surface area contributed by atoms with E-state index in [0.29, 0.717) is 29.5 Å². The predicted octanol–water partition coefficient (Wildman–Crippen LogP) is 2.01. The van der Waals surface area contributed by atoms with E-state index < -0.39 is 0 Å². The molecule has 0 amide bonds. The van der Waals surface area contributed by atoms with Crippen molar-refractivity contribution >= 4 is 5.84 Å². The van der Waals surface area contributed by atoms with Crippen molar-refractivity contribution in [3.63, 3.8) is 0 Å². The van der Waals surface area contributed by atoms with Gasteiger partial charge in [-0.05, 0) is 38.1 Å². The summed E-state index contributed by atoms with van der Waals surface area (Å²) in [5.74, 6) is 1.74. The molecule has 0 aliphatic rings. The third-order valence-corrected chi connectivity index (χ3v) is 2.88. The summed E-state index contributed by atoms with van der Waals surface area (Å²) in [5.41, 5.74) is 6.76. The van der Waals surface area contributed by atoms with E-state index in [0.717, 1.165) is 5.75 Å². The Kier molecular flexibility index (Phi) is 4.32. The van der Waals surface area contributed by atoms with E-state index in [9.17, 15) is 0 Å². The van der Waals surface area contributed by atoms with Gasteiger partial charge in [0.25, 0.3) is 0 Å². The summed E-state index contributed by atoms with van der Waals surface area (Å²) in [4.78, 5) is 0. The van der Waals surface area contributed by atoms with Crippen molar-refractivity contribution in [1.82, 2.24) is 9.78 Å². The van der Waals surface area contributed by atoms with Crippen molar-refractivity contribution in [2.75, 3.05) is 6.61 Å². The van der Waals surface area contributed by atoms with Crippen LogP contribution >= 0.6 is 0 Å². The van der Waals surface area contributed by atoms with Gasteiger partial charge in [-0.1, -0.05) is 5.16 Å². The van der Waals surface area contributed by atoms with Crippen LogP contribution < -0.4 is 15.2 Å². The fourth-order valence-electron chi connectivity index (χ4n) is 1.98. The van der Waals surface area contributed by atoms with Gasteiger partial charge < -0.3 is 20.4 Å². The molecule has 3 N–H and O–H groups in total. The van der Waals surface area contributed by atoms with E-state index in [1.54, 1.807) is 30.8 Å². The van der Waals surface area contributed by atoms with Crippen LogP contribution in [0.1, 0.15) is 18.2 Å². The second-order valence-corrected chi connectivity index (χ2v) is 4.38. The topological polar surface area (TPSA) is 94.9 Å². The first-order valence-corrected chi connectivity index (χ1v) is 6.49. The van der Waals surface area contributed by atoms with E-state index in [4.69, 9.17) is 20.4 Å². The number of nitrogens with two attached hydrogens (primary N) is 1. The minimum absolute atomic E-state index is 0.0402. The Labute approximate surface area is 122 Å². The molecule has 0 spiro atoms. The second kappa shape index (κ2) is 6.17. The first-order chi connectivity index (χ1) is 10.1. The lowest BCUT2D eigenvalue weighted by atomic mass is 10.2. The molecular weight excluding hydrogens is 272 g/mol. The Morgan fingerprint density at radius 3 is 2.52 bits per heavy atom. The van der Waals surface area contributed by atoms with E-state index in [1.807, 2.05) is 19.1 Å². The minimum atomic E-state index is -0.0402. The summed E-state index contributed by atoms with van der Waals surface area (Å²) < 4.78 is 12.7. The van der Waals surface area contributed by atoms with Crippen LogP contribution in [0.2, 0.25) is 0 Å². The molecule has 1 aromatic carbocycles. The summed E-state index contributed by atoms with van der Waals surface area (Å²) in [7, 11) is 1.73. The van der Waals surface area contributed by atoms with Gasteiger partial charge in [-0.2, -0.15) is 5.10 Å². The summed E-state index contributed by atoms with van der Waals surface area (Å²) in [6.07, 6.45) is 0. The lowest BCUT2D eigenvalue weighted by Crippen LogP contribution is -2.14. The monoisotopic (exact) mass is 290 g/mol. The number of oxime groups is 1. The lowest BCUT2D eigenvalue weighted by Gasteiger charge is -2.09. The first-order valence-electron chi connectivity index (χ1n) is 6.49. The zero-order valence-electron chi connectivity index (χ0n) is 12.2. The molecule has 0 saturated heterocycles. The molecule has 0 saturated carbocycles. The van der Waals surface area contributed by atoms with Crippen molar-refractivity contribution in [2.45, 2.75) is 13.8 Å². The molecule has 21 heavy (non-hydrogen) atoms. The fraction of sp³-hybridized carbons (Fsp3) is 0.286. The number of rotatable bonds is 5. The molecule has 7 nitrogen and oxygen atoms in total. The molecule has 112 valence electrons. The molecule has 0 atom stereocenters. The summed E-state index contributed by atoms with van der Waals surface area (Å²) in [6, 6.07) is 7.18. The Balaban J connectivity index is 2.31. The third-order valence-electron chi connectivity index (χ3n) is 2.88. The number of nitrogens with zero attached hydrogens (tertiary/aromatic N) is 3. The van der Waals surface area contributed by atoms with E-state index >= 15 is 0 Å². The Hall–Kier alpha value is -2.70. The zero-order chi connectivity index (χ0) is 15.4. The van der Waals surface area contributed by atoms with Gasteiger partial charge in [0.05, 0.1) is 12.3 Å². The fourth-order valence-corrected chi connectivity index (χ4v) is 1.98. The highest BCUT2D eigenvalue weighted by molar-refractivity contribution is 6.00. The van der Waals surface area contributed by atoms with Crippen molar-refractivity contribution < 1.29 is 14.7 Å². The molecule has 7 heteroatoms. The van der Waals surface area contributed by atoms with Gasteiger partial charge in [-0.25, -0.2) is 4.68 Å². The minimum Gasteiger partial charge on any atom is -0.494 e. The van der Waals surface area contributed by atoms with Crippen molar-refractivity contribution in [3.05, 3.63) is 35.5 Å². The zero-order valence-corrected chi connectivity index (χ0v) is 12.2. The normalized spacial score (nSPS) is 11.5. The maximum Gasteiger partial charge on any atom is 0.229 e. The number of aryl methyl sites for hydroxylation is 2. The predicted molar refractivity (Wildman–Crippen MR) is 78.1 cm³/mol. The van der Waals surface area contributed by atoms with E-state index in [1.165, 1.54) is 0 Å². The van der Waals surface area contributed by atoms with Crippen molar-refractivity contribution in [3.8, 4) is 17.4 Å². The average molecular weight is 290 g/mol. The van der Waals surface area contributed by atoms with E-state index in [-0.39, 0.29) is 5.84 Å². The van der Waals surface area contributed by atoms with E-state index in [2.05, 4.69) is 10.3 Å². The largest absolute Gasteiger partial charge is 0.494 e. The smallest absolute Gasteiger partial charge is 0.229 e. The van der Waals surface area contributed by atoms with Crippen LogP contribution in [0.15, 0.2) is 29.4 Å². The molecule has 0 aliphatic carbocycles. The van der Waals surface area contributed by atoms with Crippen LogP contribution in [0.4, 0.5) is 0 Å². The van der Waals surface area contributed by atoms with Crippen LogP contribution in [0.5, 0.6) is 17.4 Å². The number of hydrogen-bond donors (Lipinski definition) is 2. The number of amidine groups is 1. The van der Waals surface area contributed by atoms with Crippen LogP contribution in [-0.4, -0.2) is 27.4 Å². The maximum atomic E-state index is 8.86. The number of ether oxygens (including phenoxy) is 2. The molecule has 0 unspecified atom stereocenters. The van der Waals surface area contributed by atoms with Gasteiger partial charge in [-0.15, -0.1) is 0 Å². The van der Waals surface area contributed by atoms with Gasteiger partial charge in [0.1, 0.15) is 17.1 Å². The molecule has 0 bridgehead atoms. The first kappa shape index (κ1) is 14.7. The number of benzene rings is 1. The maximum absolute atomic E-state index is 8.86. The Morgan fingerprint density at radius 1 is 1.33 bits per heavy atom. The quantitative estimate of drug-likeness (QED) is 0.380. The molecule has 1 heterocycles. The third kappa shape index (κ3) is 3.07. The van der Waals surface area contributed by atoms with Gasteiger partial charge in [0.15, 0.2) is 5.84 Å². The summed E-state index contributed by atoms with van der Waals surface area (Å²) in [6.45, 7) is 4.29. The highest BCUT2D eigenvalue weighted by atomic mass is 16.5. The molecule has 2 rings (SSSR count). The summed E-state index contributed by atoms with van der Waals surface area (Å²) in [5, 5.41) is 16.1. The number of aromatic nitrogens is 2. The molecule has 1 aromatic heterocycles. The van der Waals surface area contributed by atoms with Crippen LogP contribution in [0, 0.1) is 6.92 Å². The van der Waals surface area contributed by atoms with Crippen LogP contribution in [-0.2, 0) is 7.05 Å². The average Bonchev–Trinajstić information content (AvgIpc) is 2.75. The second-order valence-electron chi connectivity index (χ2n) is 4.38. The molecule has 0 fully saturated rings. The SMILES string of the molecule is CCOc1ccc(Oc2c(C(N)=NO)c(C)nn2C)cc1. The molecule has 0 aliphatic heterocycles. The highest BCUT2D eigenvalue weighted by Crippen LogP contribution is 2.28. The lowest BCUT2D eigenvalue weighted by molar-refractivity contribution is 0.318. The molecule has 2 aromatic rings. The van der Waals surface area contributed by atoms with Gasteiger partial charge in [-0.3, -0.25) is 0 Å². The standard InChI is InChI=1S/C14H18N4O3/c1-4-20-10-5-7-11(8-6-10)21-14-12(13(15)17-19)9(2)16-18(14)3/h5-8,19H,4H2,1-3H3,(H2,15,17). The number of hydrogen-bond acceptors (Lipinski definition) is 5. The van der Waals surface area contributed by atoms with Gasteiger partial charge in [0.2, 0.25) is 5.88 Å². The van der Waals surface area contributed by atoms with Crippen LogP contribution in [0.25, 0.3) is 0 Å². The molecule has 0 radical (unpaired) electrons. The van der Waals surface area contributed by atoms with Gasteiger partial charge >= 0.3 is 0 Å². The summed E-state index contributed by atoms with van der Waals surface area (Å²) >= 11 is 0. The van der Waals surface area contributed by atoms with Crippen LogP contribution in [0.3, 0.4) is 0 Å². The molecular formula is C14H18N4O3. The van der Waals surface area contributed by atoms with Gasteiger partial charge in [0, 0.05) is 7.05 Å². The van der Waals surface area contributed by atoms with Crippen molar-refractivity contribution in [1.29, 1.82) is 0 Å². The Morgan fingerprint density at radius 2 is 1.95 bits per heavy atom.